The van der Waals surface area contributed by atoms with Gasteiger partial charge in [-0.3, -0.25) is 14.9 Å². The average molecular weight is 410 g/mol. The number of methoxy groups -OCH3 is 1. The molecule has 29 heavy (non-hydrogen) atoms. The van der Waals surface area contributed by atoms with Gasteiger partial charge in [0.05, 0.1) is 17.6 Å². The molecule has 1 N–H and O–H groups in total. The van der Waals surface area contributed by atoms with Crippen LogP contribution in [0.4, 0.5) is 20.2 Å². The summed E-state index contributed by atoms with van der Waals surface area (Å²) in [5, 5.41) is 13.2. The second-order valence-electron chi connectivity index (χ2n) is 5.59. The Morgan fingerprint density at radius 1 is 1.14 bits per heavy atom. The Balaban J connectivity index is 2.05. The van der Waals surface area contributed by atoms with Gasteiger partial charge in [0.25, 0.3) is 11.6 Å². The zero-order valence-electron chi connectivity index (χ0n) is 15.3. The van der Waals surface area contributed by atoms with Crippen molar-refractivity contribution in [1.29, 1.82) is 0 Å². The Bertz CT molecular complexity index is 921. The number of nitro groups is 1. The Hall–Kier alpha value is -3.76. The minimum atomic E-state index is -3.07. The second-order valence-corrected chi connectivity index (χ2v) is 5.59. The molecule has 0 aliphatic carbocycles. The number of alkyl halides is 2. The number of anilines is 1. The molecule has 0 saturated heterocycles. The van der Waals surface area contributed by atoms with Gasteiger partial charge in [-0.25, -0.2) is 4.79 Å². The first-order valence-electron chi connectivity index (χ1n) is 8.10. The van der Waals surface area contributed by atoms with Gasteiger partial charge in [-0.1, -0.05) is 6.07 Å². The lowest BCUT2D eigenvalue weighted by Gasteiger charge is -2.15. The molecule has 0 spiro atoms. The molecule has 9 nitrogen and oxygen atoms in total. The van der Waals surface area contributed by atoms with Crippen molar-refractivity contribution < 1.29 is 37.5 Å². The highest BCUT2D eigenvalue weighted by Crippen LogP contribution is 2.29. The smallest absolute Gasteiger partial charge is 0.387 e. The molecule has 0 heterocycles. The van der Waals surface area contributed by atoms with Crippen LogP contribution in [0.1, 0.15) is 17.3 Å². The molecule has 154 valence electrons. The summed E-state index contributed by atoms with van der Waals surface area (Å²) in [4.78, 5) is 34.5. The number of carbonyl (C=O) groups is 2. The van der Waals surface area contributed by atoms with Gasteiger partial charge >= 0.3 is 12.6 Å². The van der Waals surface area contributed by atoms with Crippen LogP contribution in [0.25, 0.3) is 0 Å². The molecule has 0 fully saturated rings. The SMILES string of the molecule is COc1cc(C(=O)O[C@@H](C)C(=O)Nc2cccc([N+](=O)[O-])c2)ccc1OC(F)F. The van der Waals surface area contributed by atoms with Gasteiger partial charge in [0.1, 0.15) is 0 Å². The fraction of sp³-hybridized carbons (Fsp3) is 0.222. The Kier molecular flexibility index (Phi) is 7.01. The lowest BCUT2D eigenvalue weighted by atomic mass is 10.2. The van der Waals surface area contributed by atoms with Gasteiger partial charge < -0.3 is 19.5 Å². The fourth-order valence-electron chi connectivity index (χ4n) is 2.21. The number of nitro benzene ring substituents is 1. The van der Waals surface area contributed by atoms with Crippen LogP contribution in [0, 0.1) is 10.1 Å². The topological polar surface area (TPSA) is 117 Å². The van der Waals surface area contributed by atoms with Crippen molar-refractivity contribution in [3.63, 3.8) is 0 Å². The standard InChI is InChI=1S/C18H16F2N2O7/c1-10(16(23)21-12-4-3-5-13(9-12)22(25)26)28-17(24)11-6-7-14(29-18(19)20)15(8-11)27-2/h3-10,18H,1-2H3,(H,21,23)/t10-/m0/s1. The minimum absolute atomic E-state index is 0.0570. The van der Waals surface area contributed by atoms with E-state index in [-0.39, 0.29) is 28.4 Å². The molecule has 2 rings (SSSR count). The number of hydrogen-bond acceptors (Lipinski definition) is 7. The third-order valence-electron chi connectivity index (χ3n) is 3.59. The number of nitrogens with zero attached hydrogens (tertiary/aromatic N) is 1. The summed E-state index contributed by atoms with van der Waals surface area (Å²) in [5.74, 6) is -2.01. The van der Waals surface area contributed by atoms with Crippen molar-refractivity contribution in [2.45, 2.75) is 19.6 Å². The second kappa shape index (κ2) is 9.44. The molecular weight excluding hydrogens is 394 g/mol. The number of amides is 1. The van der Waals surface area contributed by atoms with Crippen molar-refractivity contribution in [3.8, 4) is 11.5 Å². The van der Waals surface area contributed by atoms with E-state index in [0.717, 1.165) is 18.2 Å². The minimum Gasteiger partial charge on any atom is -0.493 e. The third-order valence-corrected chi connectivity index (χ3v) is 3.59. The number of carbonyl (C=O) groups excluding carboxylic acids is 2. The molecular formula is C18H16F2N2O7. The van der Waals surface area contributed by atoms with E-state index in [2.05, 4.69) is 10.1 Å². The quantitative estimate of drug-likeness (QED) is 0.403. The Morgan fingerprint density at radius 3 is 2.48 bits per heavy atom. The van der Waals surface area contributed by atoms with Gasteiger partial charge in [0.15, 0.2) is 17.6 Å². The summed E-state index contributed by atoms with van der Waals surface area (Å²) < 4.78 is 38.9. The van der Waals surface area contributed by atoms with Crippen LogP contribution in [0.3, 0.4) is 0 Å². The molecule has 0 aromatic heterocycles. The van der Waals surface area contributed by atoms with Crippen LogP contribution in [-0.2, 0) is 9.53 Å². The van der Waals surface area contributed by atoms with Crippen molar-refractivity contribution in [2.24, 2.45) is 0 Å². The van der Waals surface area contributed by atoms with Gasteiger partial charge in [-0.15, -0.1) is 0 Å². The van der Waals surface area contributed by atoms with Crippen LogP contribution < -0.4 is 14.8 Å². The van der Waals surface area contributed by atoms with Crippen LogP contribution in [0.5, 0.6) is 11.5 Å². The van der Waals surface area contributed by atoms with Gasteiger partial charge in [-0.05, 0) is 31.2 Å². The number of halogens is 2. The number of esters is 1. The lowest BCUT2D eigenvalue weighted by Crippen LogP contribution is -2.30. The maximum Gasteiger partial charge on any atom is 0.387 e. The number of nitrogens with one attached hydrogen (secondary N) is 1. The molecule has 0 radical (unpaired) electrons. The first-order chi connectivity index (χ1) is 13.7. The van der Waals surface area contributed by atoms with Crippen molar-refractivity contribution >= 4 is 23.3 Å². The molecule has 1 amide bonds. The normalized spacial score (nSPS) is 11.5. The highest BCUT2D eigenvalue weighted by atomic mass is 19.3. The molecule has 0 saturated carbocycles. The summed E-state index contributed by atoms with van der Waals surface area (Å²) >= 11 is 0. The maximum atomic E-state index is 12.4. The number of rotatable bonds is 8. The molecule has 2 aromatic carbocycles. The fourth-order valence-corrected chi connectivity index (χ4v) is 2.21. The van der Waals surface area contributed by atoms with E-state index in [1.54, 1.807) is 0 Å². The van der Waals surface area contributed by atoms with E-state index >= 15 is 0 Å². The van der Waals surface area contributed by atoms with Crippen LogP contribution in [0.2, 0.25) is 0 Å². The molecule has 0 aliphatic rings. The summed E-state index contributed by atoms with van der Waals surface area (Å²) in [6.07, 6.45) is -1.25. The van der Waals surface area contributed by atoms with E-state index in [1.807, 2.05) is 0 Å². The number of non-ortho nitro benzene ring substituents is 1. The highest BCUT2D eigenvalue weighted by molar-refractivity contribution is 5.97. The maximum absolute atomic E-state index is 12.4. The van der Waals surface area contributed by atoms with Crippen LogP contribution in [0.15, 0.2) is 42.5 Å². The third kappa shape index (κ3) is 5.86. The number of hydrogen-bond donors (Lipinski definition) is 1. The molecule has 11 heteroatoms. The highest BCUT2D eigenvalue weighted by Gasteiger charge is 2.21. The monoisotopic (exact) mass is 410 g/mol. The molecule has 0 unspecified atom stereocenters. The van der Waals surface area contributed by atoms with E-state index in [9.17, 15) is 28.5 Å². The Morgan fingerprint density at radius 2 is 1.86 bits per heavy atom. The molecule has 0 aliphatic heterocycles. The average Bonchev–Trinajstić information content (AvgIpc) is 2.67. The lowest BCUT2D eigenvalue weighted by molar-refractivity contribution is -0.384. The van der Waals surface area contributed by atoms with Gasteiger partial charge in [0.2, 0.25) is 0 Å². The summed E-state index contributed by atoms with van der Waals surface area (Å²) in [5.41, 5.74) is -0.119. The largest absolute Gasteiger partial charge is 0.493 e. The predicted octanol–water partition coefficient (Wildman–Crippen LogP) is 3.39. The van der Waals surface area contributed by atoms with E-state index in [4.69, 9.17) is 9.47 Å². The number of benzene rings is 2. The van der Waals surface area contributed by atoms with Crippen molar-refractivity contribution in [3.05, 3.63) is 58.1 Å². The van der Waals surface area contributed by atoms with Crippen LogP contribution >= 0.6 is 0 Å². The zero-order chi connectivity index (χ0) is 21.6. The van der Waals surface area contributed by atoms with E-state index in [1.165, 1.54) is 38.3 Å². The zero-order valence-corrected chi connectivity index (χ0v) is 15.3. The number of ether oxygens (including phenoxy) is 3. The van der Waals surface area contributed by atoms with Crippen LogP contribution in [-0.4, -0.2) is 36.6 Å². The molecule has 1 atom stereocenters. The molecule has 2 aromatic rings. The Labute approximate surface area is 163 Å². The van der Waals surface area contributed by atoms with Crippen molar-refractivity contribution in [2.75, 3.05) is 12.4 Å². The first-order valence-corrected chi connectivity index (χ1v) is 8.10. The predicted molar refractivity (Wildman–Crippen MR) is 96.2 cm³/mol. The van der Waals surface area contributed by atoms with Gasteiger partial charge in [-0.2, -0.15) is 8.78 Å². The molecule has 0 bridgehead atoms. The summed E-state index contributed by atoms with van der Waals surface area (Å²) in [6, 6.07) is 8.65. The first kappa shape index (κ1) is 21.5. The van der Waals surface area contributed by atoms with Crippen molar-refractivity contribution in [1.82, 2.24) is 0 Å². The van der Waals surface area contributed by atoms with E-state index in [0.29, 0.717) is 0 Å². The van der Waals surface area contributed by atoms with Gasteiger partial charge in [0, 0.05) is 17.8 Å². The summed E-state index contributed by atoms with van der Waals surface area (Å²) in [7, 11) is 1.21. The summed E-state index contributed by atoms with van der Waals surface area (Å²) in [6.45, 7) is -1.77. The van der Waals surface area contributed by atoms with E-state index < -0.39 is 29.5 Å².